The summed E-state index contributed by atoms with van der Waals surface area (Å²) in [7, 11) is 0. The number of aromatic amines is 1. The van der Waals surface area contributed by atoms with E-state index in [4.69, 9.17) is 11.6 Å². The van der Waals surface area contributed by atoms with Gasteiger partial charge in [-0.3, -0.25) is 0 Å². The highest BCUT2D eigenvalue weighted by molar-refractivity contribution is 6.31. The lowest BCUT2D eigenvalue weighted by atomic mass is 10.1. The molecule has 0 fully saturated rings. The Labute approximate surface area is 101 Å². The standard InChI is InChI=1S/C13H17ClN2/c1-2-15-7-3-4-10-9-16-13-8-11(14)5-6-12(10)13/h5-6,8-9,15-16H,2-4,7H2,1H3. The first kappa shape index (κ1) is 11.5. The second-order valence-corrected chi connectivity index (χ2v) is 4.40. The highest BCUT2D eigenvalue weighted by Crippen LogP contribution is 2.22. The smallest absolute Gasteiger partial charge is 0.0471 e. The maximum Gasteiger partial charge on any atom is 0.0471 e. The van der Waals surface area contributed by atoms with Crippen molar-refractivity contribution < 1.29 is 0 Å². The number of nitrogens with one attached hydrogen (secondary N) is 2. The summed E-state index contributed by atoms with van der Waals surface area (Å²) >= 11 is 5.94. The van der Waals surface area contributed by atoms with E-state index in [0.29, 0.717) is 0 Å². The van der Waals surface area contributed by atoms with Crippen molar-refractivity contribution >= 4 is 22.5 Å². The van der Waals surface area contributed by atoms with E-state index in [1.54, 1.807) is 0 Å². The largest absolute Gasteiger partial charge is 0.361 e. The Kier molecular flexibility index (Phi) is 3.86. The summed E-state index contributed by atoms with van der Waals surface area (Å²) in [5.41, 5.74) is 2.51. The molecule has 0 radical (unpaired) electrons. The molecule has 0 aliphatic carbocycles. The molecule has 2 rings (SSSR count). The lowest BCUT2D eigenvalue weighted by Crippen LogP contribution is -2.14. The number of benzene rings is 1. The molecule has 2 aromatic rings. The van der Waals surface area contributed by atoms with E-state index in [-0.39, 0.29) is 0 Å². The fraction of sp³-hybridized carbons (Fsp3) is 0.385. The van der Waals surface area contributed by atoms with Crippen molar-refractivity contribution in [1.82, 2.24) is 10.3 Å². The first-order chi connectivity index (χ1) is 7.81. The Bertz CT molecular complexity index is 462. The Morgan fingerprint density at radius 1 is 1.38 bits per heavy atom. The van der Waals surface area contributed by atoms with Gasteiger partial charge >= 0.3 is 0 Å². The molecular weight excluding hydrogens is 220 g/mol. The van der Waals surface area contributed by atoms with Gasteiger partial charge in [-0.15, -0.1) is 0 Å². The number of fused-ring (bicyclic) bond motifs is 1. The lowest BCUT2D eigenvalue weighted by molar-refractivity contribution is 0.674. The highest BCUT2D eigenvalue weighted by atomic mass is 35.5. The SMILES string of the molecule is CCNCCCc1c[nH]c2cc(Cl)ccc12. The van der Waals surface area contributed by atoms with Gasteiger partial charge in [0.15, 0.2) is 0 Å². The predicted octanol–water partition coefficient (Wildman–Crippen LogP) is 3.36. The van der Waals surface area contributed by atoms with E-state index in [0.717, 1.165) is 30.0 Å². The summed E-state index contributed by atoms with van der Waals surface area (Å²) in [5.74, 6) is 0. The van der Waals surface area contributed by atoms with Crippen LogP contribution in [-0.2, 0) is 6.42 Å². The van der Waals surface area contributed by atoms with Crippen molar-refractivity contribution in [2.75, 3.05) is 13.1 Å². The molecule has 1 heterocycles. The van der Waals surface area contributed by atoms with Crippen LogP contribution in [0.5, 0.6) is 0 Å². The van der Waals surface area contributed by atoms with Crippen LogP contribution in [0.25, 0.3) is 10.9 Å². The van der Waals surface area contributed by atoms with E-state index in [9.17, 15) is 0 Å². The molecule has 86 valence electrons. The van der Waals surface area contributed by atoms with Crippen molar-refractivity contribution in [3.8, 4) is 0 Å². The first-order valence-corrected chi connectivity index (χ1v) is 6.15. The third kappa shape index (κ3) is 2.57. The Morgan fingerprint density at radius 3 is 3.06 bits per heavy atom. The second kappa shape index (κ2) is 5.37. The van der Waals surface area contributed by atoms with Crippen molar-refractivity contribution in [3.63, 3.8) is 0 Å². The van der Waals surface area contributed by atoms with Crippen LogP contribution in [-0.4, -0.2) is 18.1 Å². The molecule has 0 amide bonds. The minimum Gasteiger partial charge on any atom is -0.361 e. The quantitative estimate of drug-likeness (QED) is 0.766. The maximum absolute atomic E-state index is 5.94. The monoisotopic (exact) mass is 236 g/mol. The van der Waals surface area contributed by atoms with Crippen molar-refractivity contribution in [1.29, 1.82) is 0 Å². The fourth-order valence-electron chi connectivity index (χ4n) is 1.95. The molecular formula is C13H17ClN2. The van der Waals surface area contributed by atoms with Gasteiger partial charge in [0.1, 0.15) is 0 Å². The zero-order valence-corrected chi connectivity index (χ0v) is 10.3. The van der Waals surface area contributed by atoms with Gasteiger partial charge in [-0.05, 0) is 43.6 Å². The number of hydrogen-bond donors (Lipinski definition) is 2. The van der Waals surface area contributed by atoms with Crippen LogP contribution in [0, 0.1) is 0 Å². The van der Waals surface area contributed by atoms with Crippen molar-refractivity contribution in [2.24, 2.45) is 0 Å². The topological polar surface area (TPSA) is 27.8 Å². The van der Waals surface area contributed by atoms with Crippen LogP contribution in [0.2, 0.25) is 5.02 Å². The van der Waals surface area contributed by atoms with Gasteiger partial charge in [0.2, 0.25) is 0 Å². The van der Waals surface area contributed by atoms with Gasteiger partial charge in [0, 0.05) is 22.1 Å². The summed E-state index contributed by atoms with van der Waals surface area (Å²) in [5, 5.41) is 5.41. The minimum atomic E-state index is 0.786. The van der Waals surface area contributed by atoms with E-state index in [1.165, 1.54) is 17.4 Å². The van der Waals surface area contributed by atoms with Gasteiger partial charge in [-0.2, -0.15) is 0 Å². The van der Waals surface area contributed by atoms with Crippen LogP contribution in [0.15, 0.2) is 24.4 Å². The normalized spacial score (nSPS) is 11.1. The van der Waals surface area contributed by atoms with Gasteiger partial charge in [0.25, 0.3) is 0 Å². The summed E-state index contributed by atoms with van der Waals surface area (Å²) in [6, 6.07) is 6.02. The van der Waals surface area contributed by atoms with Gasteiger partial charge < -0.3 is 10.3 Å². The summed E-state index contributed by atoms with van der Waals surface area (Å²) in [4.78, 5) is 3.27. The molecule has 1 aromatic heterocycles. The van der Waals surface area contributed by atoms with Gasteiger partial charge in [0.05, 0.1) is 0 Å². The number of aryl methyl sites for hydroxylation is 1. The molecule has 16 heavy (non-hydrogen) atoms. The zero-order chi connectivity index (χ0) is 11.4. The summed E-state index contributed by atoms with van der Waals surface area (Å²) in [6.45, 7) is 4.26. The fourth-order valence-corrected chi connectivity index (χ4v) is 2.12. The van der Waals surface area contributed by atoms with Crippen LogP contribution in [0.1, 0.15) is 18.9 Å². The molecule has 2 nitrogen and oxygen atoms in total. The van der Waals surface area contributed by atoms with Crippen LogP contribution in [0.3, 0.4) is 0 Å². The average Bonchev–Trinajstić information content (AvgIpc) is 2.67. The third-order valence-electron chi connectivity index (χ3n) is 2.78. The second-order valence-electron chi connectivity index (χ2n) is 3.96. The molecule has 0 saturated carbocycles. The Hall–Kier alpha value is -0.990. The molecule has 0 atom stereocenters. The molecule has 2 N–H and O–H groups in total. The van der Waals surface area contributed by atoms with E-state index >= 15 is 0 Å². The van der Waals surface area contributed by atoms with E-state index in [1.807, 2.05) is 12.1 Å². The van der Waals surface area contributed by atoms with E-state index < -0.39 is 0 Å². The highest BCUT2D eigenvalue weighted by Gasteiger charge is 2.03. The van der Waals surface area contributed by atoms with Gasteiger partial charge in [-0.1, -0.05) is 24.6 Å². The van der Waals surface area contributed by atoms with Crippen molar-refractivity contribution in [3.05, 3.63) is 35.0 Å². The summed E-state index contributed by atoms with van der Waals surface area (Å²) < 4.78 is 0. The molecule has 1 aromatic carbocycles. The predicted molar refractivity (Wildman–Crippen MR) is 70.2 cm³/mol. The minimum absolute atomic E-state index is 0.786. The number of hydrogen-bond acceptors (Lipinski definition) is 1. The Balaban J connectivity index is 2.07. The van der Waals surface area contributed by atoms with Crippen LogP contribution < -0.4 is 5.32 Å². The maximum atomic E-state index is 5.94. The molecule has 0 saturated heterocycles. The van der Waals surface area contributed by atoms with E-state index in [2.05, 4.69) is 29.5 Å². The zero-order valence-electron chi connectivity index (χ0n) is 9.52. The number of halogens is 1. The Morgan fingerprint density at radius 2 is 2.25 bits per heavy atom. The first-order valence-electron chi connectivity index (χ1n) is 5.77. The lowest BCUT2D eigenvalue weighted by Gasteiger charge is -2.01. The molecule has 0 unspecified atom stereocenters. The third-order valence-corrected chi connectivity index (χ3v) is 3.01. The van der Waals surface area contributed by atoms with Crippen LogP contribution in [0.4, 0.5) is 0 Å². The molecule has 0 aliphatic rings. The summed E-state index contributed by atoms with van der Waals surface area (Å²) in [6.07, 6.45) is 4.37. The van der Waals surface area contributed by atoms with Gasteiger partial charge in [-0.25, -0.2) is 0 Å². The van der Waals surface area contributed by atoms with Crippen LogP contribution >= 0.6 is 11.6 Å². The average molecular weight is 237 g/mol. The molecule has 0 bridgehead atoms. The number of aromatic nitrogens is 1. The van der Waals surface area contributed by atoms with Crippen molar-refractivity contribution in [2.45, 2.75) is 19.8 Å². The molecule has 3 heteroatoms. The molecule has 0 aliphatic heterocycles. The molecule has 0 spiro atoms. The number of H-pyrrole nitrogens is 1. The number of rotatable bonds is 5.